The molecule has 7 nitrogen and oxygen atoms in total. The molecule has 5 N–H and O–H groups in total. The summed E-state index contributed by atoms with van der Waals surface area (Å²) in [6.45, 7) is 0. The van der Waals surface area contributed by atoms with Crippen molar-refractivity contribution >= 4 is 11.4 Å². The molecule has 1 aromatic rings. The fourth-order valence-electron chi connectivity index (χ4n) is 1.04. The van der Waals surface area contributed by atoms with E-state index in [1.54, 1.807) is 0 Å². The molecule has 0 aliphatic heterocycles. The van der Waals surface area contributed by atoms with E-state index >= 15 is 0 Å². The van der Waals surface area contributed by atoms with E-state index in [2.05, 4.69) is 0 Å². The Kier molecular flexibility index (Phi) is 2.39. The summed E-state index contributed by atoms with van der Waals surface area (Å²) >= 11 is 0. The number of rotatable bonds is 2. The molecule has 14 heavy (non-hydrogen) atoms. The average Bonchev–Trinajstić information content (AvgIpc) is 2.01. The van der Waals surface area contributed by atoms with Crippen molar-refractivity contribution in [3.05, 3.63) is 33.9 Å². The van der Waals surface area contributed by atoms with Gasteiger partial charge in [-0.2, -0.15) is 0 Å². The molecule has 0 amide bonds. The van der Waals surface area contributed by atoms with Crippen LogP contribution in [-0.2, 0) is 5.97 Å². The van der Waals surface area contributed by atoms with Crippen LogP contribution in [0.5, 0.6) is 0 Å². The maximum absolute atomic E-state index is 10.5. The third kappa shape index (κ3) is 1.79. The summed E-state index contributed by atoms with van der Waals surface area (Å²) < 4.78 is 0. The van der Waals surface area contributed by atoms with Crippen LogP contribution < -0.4 is 5.73 Å². The normalized spacial score (nSPS) is 11.4. The van der Waals surface area contributed by atoms with Crippen molar-refractivity contribution in [2.45, 2.75) is 5.97 Å². The quantitative estimate of drug-likeness (QED) is 0.215. The zero-order chi connectivity index (χ0) is 10.9. The topological polar surface area (TPSA) is 130 Å². The molecule has 0 aliphatic carbocycles. The molecule has 0 atom stereocenters. The number of nitrogen functional groups attached to an aromatic ring is 1. The summed E-state index contributed by atoms with van der Waals surface area (Å²) in [5, 5.41) is 36.9. The number of nitrogens with two attached hydrogens (primary N) is 1. The summed E-state index contributed by atoms with van der Waals surface area (Å²) in [6.07, 6.45) is 0. The van der Waals surface area contributed by atoms with Crippen molar-refractivity contribution in [1.29, 1.82) is 0 Å². The van der Waals surface area contributed by atoms with Crippen LogP contribution in [0.3, 0.4) is 0 Å². The fourth-order valence-corrected chi connectivity index (χ4v) is 1.04. The molecule has 0 spiro atoms. The largest absolute Gasteiger partial charge is 0.393 e. The molecule has 7 heteroatoms. The first-order chi connectivity index (χ1) is 6.34. The molecular weight excluding hydrogens is 192 g/mol. The van der Waals surface area contributed by atoms with Gasteiger partial charge in [0.25, 0.3) is 0 Å². The van der Waals surface area contributed by atoms with Crippen LogP contribution in [-0.4, -0.2) is 20.2 Å². The summed E-state index contributed by atoms with van der Waals surface area (Å²) in [7, 11) is 0. The van der Waals surface area contributed by atoms with Crippen LogP contribution in [0.25, 0.3) is 0 Å². The molecular formula is C7H8N2O5. The summed E-state index contributed by atoms with van der Waals surface area (Å²) in [5.41, 5.74) is 3.60. The van der Waals surface area contributed by atoms with E-state index in [1.807, 2.05) is 0 Å². The van der Waals surface area contributed by atoms with Crippen LogP contribution >= 0.6 is 0 Å². The second-order valence-corrected chi connectivity index (χ2v) is 2.64. The van der Waals surface area contributed by atoms with Crippen molar-refractivity contribution < 1.29 is 20.2 Å². The third-order valence-corrected chi connectivity index (χ3v) is 1.61. The predicted octanol–water partition coefficient (Wildman–Crippen LogP) is -0.736. The second-order valence-electron chi connectivity index (χ2n) is 2.64. The summed E-state index contributed by atoms with van der Waals surface area (Å²) in [4.78, 5) is 9.58. The first-order valence-electron chi connectivity index (χ1n) is 3.54. The van der Waals surface area contributed by atoms with Crippen LogP contribution in [0.4, 0.5) is 11.4 Å². The molecule has 0 radical (unpaired) electrons. The van der Waals surface area contributed by atoms with Crippen molar-refractivity contribution in [2.75, 3.05) is 5.73 Å². The minimum absolute atomic E-state index is 0.256. The second kappa shape index (κ2) is 3.22. The minimum atomic E-state index is -3.27. The number of aliphatic hydroxyl groups is 3. The van der Waals surface area contributed by atoms with Gasteiger partial charge in [0.05, 0.1) is 4.92 Å². The van der Waals surface area contributed by atoms with Crippen LogP contribution in [0.1, 0.15) is 5.56 Å². The monoisotopic (exact) mass is 200 g/mol. The van der Waals surface area contributed by atoms with Gasteiger partial charge in [-0.15, -0.1) is 0 Å². The Morgan fingerprint density at radius 1 is 1.36 bits per heavy atom. The van der Waals surface area contributed by atoms with Crippen LogP contribution in [0, 0.1) is 10.1 Å². The number of hydrogen-bond acceptors (Lipinski definition) is 6. The summed E-state index contributed by atoms with van der Waals surface area (Å²) in [6, 6.07) is 3.47. The van der Waals surface area contributed by atoms with E-state index in [4.69, 9.17) is 21.1 Å². The van der Waals surface area contributed by atoms with E-state index in [1.165, 1.54) is 12.1 Å². The molecule has 0 heterocycles. The standard InChI is InChI=1S/C7H8N2O5/c8-5-3-1-2-4(7(10,11)12)6(5)9(13)14/h1-3,10-12H,8H2. The number of para-hydroxylation sites is 1. The number of nitrogens with zero attached hydrogens (tertiary/aromatic N) is 1. The van der Waals surface area contributed by atoms with E-state index in [0.29, 0.717) is 0 Å². The van der Waals surface area contributed by atoms with Gasteiger partial charge in [-0.25, -0.2) is 0 Å². The molecule has 0 fully saturated rings. The Hall–Kier alpha value is -1.70. The molecule has 0 saturated heterocycles. The average molecular weight is 200 g/mol. The lowest BCUT2D eigenvalue weighted by Gasteiger charge is -2.14. The number of hydrogen-bond donors (Lipinski definition) is 4. The molecule has 0 aromatic heterocycles. The Morgan fingerprint density at radius 3 is 2.29 bits per heavy atom. The predicted molar refractivity (Wildman–Crippen MR) is 45.8 cm³/mol. The molecule has 76 valence electrons. The first kappa shape index (κ1) is 10.4. The zero-order valence-electron chi connectivity index (χ0n) is 6.91. The molecule has 1 aromatic carbocycles. The number of benzene rings is 1. The van der Waals surface area contributed by atoms with Gasteiger partial charge < -0.3 is 21.1 Å². The smallest absolute Gasteiger partial charge is 0.311 e. The lowest BCUT2D eigenvalue weighted by Crippen LogP contribution is -2.25. The zero-order valence-corrected chi connectivity index (χ0v) is 6.91. The van der Waals surface area contributed by atoms with Gasteiger partial charge in [-0.05, 0) is 12.1 Å². The highest BCUT2D eigenvalue weighted by Crippen LogP contribution is 2.31. The maximum atomic E-state index is 10.5. The Balaban J connectivity index is 3.44. The van der Waals surface area contributed by atoms with Crippen molar-refractivity contribution in [3.8, 4) is 0 Å². The van der Waals surface area contributed by atoms with Crippen molar-refractivity contribution in [3.63, 3.8) is 0 Å². The van der Waals surface area contributed by atoms with E-state index in [9.17, 15) is 10.1 Å². The van der Waals surface area contributed by atoms with Crippen LogP contribution in [0.15, 0.2) is 18.2 Å². The lowest BCUT2D eigenvalue weighted by molar-refractivity contribution is -0.393. The van der Waals surface area contributed by atoms with Crippen molar-refractivity contribution in [2.24, 2.45) is 0 Å². The highest BCUT2D eigenvalue weighted by atomic mass is 16.7. The molecule has 1 rings (SSSR count). The van der Waals surface area contributed by atoms with Gasteiger partial charge in [0.2, 0.25) is 0 Å². The molecule has 0 aliphatic rings. The van der Waals surface area contributed by atoms with Gasteiger partial charge >= 0.3 is 11.7 Å². The highest BCUT2D eigenvalue weighted by molar-refractivity contribution is 5.62. The van der Waals surface area contributed by atoms with Crippen molar-refractivity contribution in [1.82, 2.24) is 0 Å². The first-order valence-corrected chi connectivity index (χ1v) is 3.54. The Bertz CT molecular complexity index is 371. The fraction of sp³-hybridized carbons (Fsp3) is 0.143. The van der Waals surface area contributed by atoms with Gasteiger partial charge in [0.1, 0.15) is 11.3 Å². The third-order valence-electron chi connectivity index (χ3n) is 1.61. The summed E-state index contributed by atoms with van der Waals surface area (Å²) in [5.74, 6) is -3.27. The lowest BCUT2D eigenvalue weighted by atomic mass is 10.1. The van der Waals surface area contributed by atoms with Gasteiger partial charge in [0, 0.05) is 0 Å². The van der Waals surface area contributed by atoms with E-state index in [-0.39, 0.29) is 5.69 Å². The van der Waals surface area contributed by atoms with Gasteiger partial charge in [-0.3, -0.25) is 10.1 Å². The molecule has 0 saturated carbocycles. The van der Waals surface area contributed by atoms with E-state index in [0.717, 1.165) is 6.07 Å². The Morgan fingerprint density at radius 2 is 1.93 bits per heavy atom. The molecule has 0 bridgehead atoms. The van der Waals surface area contributed by atoms with Gasteiger partial charge in [0.15, 0.2) is 0 Å². The maximum Gasteiger partial charge on any atom is 0.311 e. The van der Waals surface area contributed by atoms with E-state index < -0.39 is 22.1 Å². The van der Waals surface area contributed by atoms with Gasteiger partial charge in [-0.1, -0.05) is 6.07 Å². The Labute approximate surface area is 78.2 Å². The molecule has 0 unspecified atom stereocenters. The number of anilines is 1. The highest BCUT2D eigenvalue weighted by Gasteiger charge is 2.32. The van der Waals surface area contributed by atoms with Crippen LogP contribution in [0.2, 0.25) is 0 Å². The number of nitro benzene ring substituents is 1. The number of nitro groups is 1. The minimum Gasteiger partial charge on any atom is -0.393 e. The SMILES string of the molecule is Nc1cccc(C(O)(O)O)c1[N+](=O)[O-].